The van der Waals surface area contributed by atoms with Crippen molar-refractivity contribution in [1.82, 2.24) is 20.2 Å². The van der Waals surface area contributed by atoms with Gasteiger partial charge in [-0.2, -0.15) is 0 Å². The first-order chi connectivity index (χ1) is 13.1. The van der Waals surface area contributed by atoms with Crippen molar-refractivity contribution in [3.63, 3.8) is 0 Å². The largest absolute Gasteiger partial charge is 0.329 e. The van der Waals surface area contributed by atoms with Gasteiger partial charge in [-0.25, -0.2) is 4.68 Å². The number of tetrazole rings is 1. The summed E-state index contributed by atoms with van der Waals surface area (Å²) in [6.45, 7) is 6.63. The Balaban J connectivity index is 2.03. The van der Waals surface area contributed by atoms with Crippen molar-refractivity contribution in [1.29, 1.82) is 0 Å². The predicted molar refractivity (Wildman–Crippen MR) is 115 cm³/mol. The smallest absolute Gasteiger partial charge is 0.213 e. The summed E-state index contributed by atoms with van der Waals surface area (Å²) in [4.78, 5) is 1.39. The van der Waals surface area contributed by atoms with Crippen molar-refractivity contribution in [2.45, 2.75) is 58.0 Å². The van der Waals surface area contributed by atoms with Crippen molar-refractivity contribution >= 4 is 29.3 Å². The molecule has 0 amide bonds. The van der Waals surface area contributed by atoms with Crippen LogP contribution in [0.4, 0.5) is 0 Å². The summed E-state index contributed by atoms with van der Waals surface area (Å²) in [6.07, 6.45) is 8.86. The molecule has 1 heterocycles. The highest BCUT2D eigenvalue weighted by molar-refractivity contribution is 6.35. The van der Waals surface area contributed by atoms with Gasteiger partial charge in [0.1, 0.15) is 0 Å². The lowest BCUT2D eigenvalue weighted by molar-refractivity contribution is -0.924. The molecule has 1 N–H and O–H groups in total. The fourth-order valence-corrected chi connectivity index (χ4v) is 4.66. The number of aromatic nitrogens is 4. The Morgan fingerprint density at radius 1 is 1.18 bits per heavy atom. The van der Waals surface area contributed by atoms with Gasteiger partial charge in [-0.05, 0) is 46.4 Å². The third kappa shape index (κ3) is 4.12. The number of allylic oxidation sites excluding steroid dienone is 1. The first-order valence-electron chi connectivity index (χ1n) is 9.87. The minimum atomic E-state index is -0.0685. The lowest BCUT2D eigenvalue weighted by Gasteiger charge is -2.35. The van der Waals surface area contributed by atoms with Crippen LogP contribution in [0.25, 0.3) is 6.08 Å². The Morgan fingerprint density at radius 3 is 2.43 bits per heavy atom. The molecule has 1 aromatic carbocycles. The minimum Gasteiger partial charge on any atom is -0.329 e. The molecule has 2 aromatic rings. The summed E-state index contributed by atoms with van der Waals surface area (Å²) in [7, 11) is 4.42. The van der Waals surface area contributed by atoms with E-state index in [9.17, 15) is 0 Å². The van der Waals surface area contributed by atoms with Gasteiger partial charge < -0.3 is 4.90 Å². The summed E-state index contributed by atoms with van der Waals surface area (Å²) in [6, 6.07) is 5.55. The SMILES string of the molecule is C[NH+](C)C1(c2nnnn2[C@@H](/C=C/c2ccc(Cl)cc2Cl)C(C)(C)C)CCCC1. The summed E-state index contributed by atoms with van der Waals surface area (Å²) >= 11 is 12.4. The van der Waals surface area contributed by atoms with Crippen LogP contribution in [0.3, 0.4) is 0 Å². The van der Waals surface area contributed by atoms with E-state index >= 15 is 0 Å². The number of hydrogen-bond donors (Lipinski definition) is 1. The van der Waals surface area contributed by atoms with Gasteiger partial charge in [-0.1, -0.05) is 62.2 Å². The van der Waals surface area contributed by atoms with Gasteiger partial charge in [0, 0.05) is 22.9 Å². The molecule has 0 radical (unpaired) electrons. The molecule has 0 bridgehead atoms. The fourth-order valence-electron chi connectivity index (χ4n) is 4.19. The highest BCUT2D eigenvalue weighted by Gasteiger charge is 2.47. The predicted octanol–water partition coefficient (Wildman–Crippen LogP) is 4.19. The van der Waals surface area contributed by atoms with Crippen LogP contribution in [0.1, 0.15) is 63.9 Å². The molecular weight excluding hydrogens is 393 g/mol. The van der Waals surface area contributed by atoms with Gasteiger partial charge in [0.05, 0.1) is 20.1 Å². The second-order valence-electron chi connectivity index (χ2n) is 9.07. The monoisotopic (exact) mass is 422 g/mol. The Kier molecular flexibility index (Phi) is 6.18. The summed E-state index contributed by atoms with van der Waals surface area (Å²) in [5, 5.41) is 14.3. The van der Waals surface area contributed by atoms with Gasteiger partial charge in [0.25, 0.3) is 0 Å². The Morgan fingerprint density at radius 2 is 1.86 bits per heavy atom. The Bertz CT molecular complexity index is 845. The van der Waals surface area contributed by atoms with E-state index in [-0.39, 0.29) is 17.0 Å². The molecule has 28 heavy (non-hydrogen) atoms. The van der Waals surface area contributed by atoms with Crippen LogP contribution >= 0.6 is 23.2 Å². The van der Waals surface area contributed by atoms with E-state index in [1.165, 1.54) is 17.7 Å². The molecule has 0 unspecified atom stereocenters. The van der Waals surface area contributed by atoms with Crippen LogP contribution in [0.5, 0.6) is 0 Å². The maximum Gasteiger partial charge on any atom is 0.213 e. The standard InChI is InChI=1S/C21H29Cl2N5/c1-20(2,3)18(11-9-15-8-10-16(22)14-17(15)23)28-19(24-25-26-28)21(27(4)5)12-6-7-13-21/h8-11,14,18H,6-7,12-13H2,1-5H3/p+1/b11-9+/t18-/m0/s1. The fraction of sp³-hybridized carbons (Fsp3) is 0.571. The summed E-state index contributed by atoms with van der Waals surface area (Å²) in [5.41, 5.74) is 0.837. The van der Waals surface area contributed by atoms with Gasteiger partial charge in [-0.3, -0.25) is 0 Å². The number of benzene rings is 1. The molecule has 1 saturated carbocycles. The van der Waals surface area contributed by atoms with Crippen LogP contribution < -0.4 is 4.90 Å². The molecule has 152 valence electrons. The van der Waals surface area contributed by atoms with E-state index in [4.69, 9.17) is 23.2 Å². The van der Waals surface area contributed by atoms with E-state index in [1.807, 2.05) is 22.9 Å². The maximum absolute atomic E-state index is 6.36. The molecule has 5 nitrogen and oxygen atoms in total. The van der Waals surface area contributed by atoms with Crippen LogP contribution in [-0.4, -0.2) is 34.3 Å². The number of hydrogen-bond acceptors (Lipinski definition) is 3. The molecule has 1 aromatic heterocycles. The third-order valence-electron chi connectivity index (χ3n) is 5.91. The quantitative estimate of drug-likeness (QED) is 0.785. The molecule has 0 spiro atoms. The van der Waals surface area contributed by atoms with Crippen molar-refractivity contribution in [3.8, 4) is 0 Å². The van der Waals surface area contributed by atoms with Gasteiger partial charge in [0.2, 0.25) is 5.82 Å². The Labute approximate surface area is 177 Å². The molecule has 1 fully saturated rings. The molecule has 1 atom stereocenters. The second kappa shape index (κ2) is 8.13. The summed E-state index contributed by atoms with van der Waals surface area (Å²) < 4.78 is 2.03. The first-order valence-corrected chi connectivity index (χ1v) is 10.6. The zero-order valence-corrected chi connectivity index (χ0v) is 18.8. The normalized spacial score (nSPS) is 18.3. The number of nitrogens with one attached hydrogen (secondary N) is 1. The Hall–Kier alpha value is -1.43. The zero-order chi connectivity index (χ0) is 20.5. The van der Waals surface area contributed by atoms with Crippen molar-refractivity contribution < 1.29 is 4.90 Å². The zero-order valence-electron chi connectivity index (χ0n) is 17.3. The van der Waals surface area contributed by atoms with Crippen LogP contribution in [0.2, 0.25) is 10.0 Å². The number of rotatable bonds is 5. The molecule has 0 saturated heterocycles. The lowest BCUT2D eigenvalue weighted by atomic mass is 9.85. The topological polar surface area (TPSA) is 48.0 Å². The summed E-state index contributed by atoms with van der Waals surface area (Å²) in [5.74, 6) is 0.983. The molecule has 3 rings (SSSR count). The van der Waals surface area contributed by atoms with Crippen LogP contribution in [0.15, 0.2) is 24.3 Å². The average Bonchev–Trinajstić information content (AvgIpc) is 3.25. The average molecular weight is 423 g/mol. The maximum atomic E-state index is 6.36. The number of nitrogens with zero attached hydrogens (tertiary/aromatic N) is 4. The van der Waals surface area contributed by atoms with E-state index in [2.05, 4.69) is 56.5 Å². The number of halogens is 2. The third-order valence-corrected chi connectivity index (χ3v) is 6.47. The van der Waals surface area contributed by atoms with Crippen molar-refractivity contribution in [2.24, 2.45) is 5.41 Å². The van der Waals surface area contributed by atoms with Crippen molar-refractivity contribution in [2.75, 3.05) is 14.1 Å². The highest BCUT2D eigenvalue weighted by Crippen LogP contribution is 2.39. The van der Waals surface area contributed by atoms with Crippen LogP contribution in [0, 0.1) is 5.41 Å². The van der Waals surface area contributed by atoms with Crippen LogP contribution in [-0.2, 0) is 5.54 Å². The minimum absolute atomic E-state index is 0.000990. The van der Waals surface area contributed by atoms with Gasteiger partial charge in [-0.15, -0.1) is 5.10 Å². The van der Waals surface area contributed by atoms with Crippen molar-refractivity contribution in [3.05, 3.63) is 45.7 Å². The van der Waals surface area contributed by atoms with Gasteiger partial charge >= 0.3 is 0 Å². The number of quaternary nitrogens is 1. The molecule has 1 aliphatic rings. The second-order valence-corrected chi connectivity index (χ2v) is 9.92. The van der Waals surface area contributed by atoms with E-state index in [0.29, 0.717) is 10.0 Å². The molecule has 0 aliphatic heterocycles. The lowest BCUT2D eigenvalue weighted by Crippen LogP contribution is -3.13. The molecule has 1 aliphatic carbocycles. The first kappa shape index (κ1) is 21.3. The molecule has 7 heteroatoms. The highest BCUT2D eigenvalue weighted by atomic mass is 35.5. The van der Waals surface area contributed by atoms with Gasteiger partial charge in [0.15, 0.2) is 5.54 Å². The van der Waals surface area contributed by atoms with E-state index in [0.717, 1.165) is 24.2 Å². The van der Waals surface area contributed by atoms with E-state index < -0.39 is 0 Å². The van der Waals surface area contributed by atoms with E-state index in [1.54, 1.807) is 6.07 Å². The molecular formula is C21H30Cl2N5+.